The van der Waals surface area contributed by atoms with Crippen LogP contribution in [0.3, 0.4) is 0 Å². The van der Waals surface area contributed by atoms with Crippen LogP contribution < -0.4 is 0 Å². The Morgan fingerprint density at radius 3 is 2.57 bits per heavy atom. The van der Waals surface area contributed by atoms with Crippen LogP contribution in [0.25, 0.3) is 10.8 Å². The molecule has 0 aliphatic heterocycles. The molecule has 0 amide bonds. The standard InChI is InChI=1S/C18H13Br2Cl/c1-11-6-7-12-4-2-3-5-14(12)17(11)18(20)15-10-13(21)8-9-16(15)19/h2-10,18H,1H3. The van der Waals surface area contributed by atoms with Gasteiger partial charge in [-0.2, -0.15) is 0 Å². The van der Waals surface area contributed by atoms with Crippen LogP contribution in [0.4, 0.5) is 0 Å². The number of fused-ring (bicyclic) bond motifs is 1. The summed E-state index contributed by atoms with van der Waals surface area (Å²) in [5.41, 5.74) is 3.69. The summed E-state index contributed by atoms with van der Waals surface area (Å²) in [5, 5.41) is 3.27. The van der Waals surface area contributed by atoms with E-state index in [2.05, 4.69) is 75.2 Å². The molecule has 106 valence electrons. The molecular weight excluding hydrogens is 411 g/mol. The first-order valence-electron chi connectivity index (χ1n) is 6.65. The van der Waals surface area contributed by atoms with E-state index in [0.717, 1.165) is 15.1 Å². The first-order valence-corrected chi connectivity index (χ1v) is 8.74. The first-order chi connectivity index (χ1) is 10.1. The smallest absolute Gasteiger partial charge is 0.0664 e. The molecule has 3 rings (SSSR count). The Labute approximate surface area is 146 Å². The van der Waals surface area contributed by atoms with Gasteiger partial charge in [0.25, 0.3) is 0 Å². The van der Waals surface area contributed by atoms with E-state index in [4.69, 9.17) is 11.6 Å². The summed E-state index contributed by atoms with van der Waals surface area (Å²) in [7, 11) is 0. The molecule has 0 aromatic heterocycles. The lowest BCUT2D eigenvalue weighted by Gasteiger charge is -2.18. The Morgan fingerprint density at radius 1 is 1.00 bits per heavy atom. The van der Waals surface area contributed by atoms with Crippen LogP contribution in [0.2, 0.25) is 5.02 Å². The Balaban J connectivity index is 2.24. The Bertz CT molecular complexity index is 811. The Morgan fingerprint density at radius 2 is 1.76 bits per heavy atom. The van der Waals surface area contributed by atoms with Gasteiger partial charge in [0.1, 0.15) is 0 Å². The summed E-state index contributed by atoms with van der Waals surface area (Å²) in [4.78, 5) is 0.0941. The van der Waals surface area contributed by atoms with Gasteiger partial charge in [0.05, 0.1) is 4.83 Å². The van der Waals surface area contributed by atoms with Gasteiger partial charge in [-0.1, -0.05) is 79.9 Å². The highest BCUT2D eigenvalue weighted by Crippen LogP contribution is 2.41. The zero-order valence-corrected chi connectivity index (χ0v) is 15.3. The quantitative estimate of drug-likeness (QED) is 0.387. The highest BCUT2D eigenvalue weighted by Gasteiger charge is 2.18. The predicted octanol–water partition coefficient (Wildman–Crippen LogP) is 7.05. The van der Waals surface area contributed by atoms with Crippen molar-refractivity contribution in [1.82, 2.24) is 0 Å². The van der Waals surface area contributed by atoms with Crippen LogP contribution in [0, 0.1) is 6.92 Å². The van der Waals surface area contributed by atoms with Crippen molar-refractivity contribution in [2.75, 3.05) is 0 Å². The fourth-order valence-electron chi connectivity index (χ4n) is 2.61. The van der Waals surface area contributed by atoms with Crippen LogP contribution >= 0.6 is 43.5 Å². The second kappa shape index (κ2) is 6.12. The lowest BCUT2D eigenvalue weighted by atomic mass is 9.94. The van der Waals surface area contributed by atoms with Crippen molar-refractivity contribution in [3.8, 4) is 0 Å². The van der Waals surface area contributed by atoms with Gasteiger partial charge in [-0.05, 0) is 52.6 Å². The SMILES string of the molecule is Cc1ccc2ccccc2c1C(Br)c1cc(Cl)ccc1Br. The molecule has 0 saturated carbocycles. The van der Waals surface area contributed by atoms with Gasteiger partial charge < -0.3 is 0 Å². The molecule has 1 unspecified atom stereocenters. The molecule has 21 heavy (non-hydrogen) atoms. The van der Waals surface area contributed by atoms with E-state index in [0.29, 0.717) is 0 Å². The molecule has 3 heteroatoms. The van der Waals surface area contributed by atoms with Crippen LogP contribution in [0.5, 0.6) is 0 Å². The van der Waals surface area contributed by atoms with E-state index >= 15 is 0 Å². The average molecular weight is 425 g/mol. The number of halogens is 3. The van der Waals surface area contributed by atoms with Crippen LogP contribution in [0.15, 0.2) is 59.1 Å². The van der Waals surface area contributed by atoms with Gasteiger partial charge in [0, 0.05) is 9.50 Å². The van der Waals surface area contributed by atoms with E-state index < -0.39 is 0 Å². The van der Waals surface area contributed by atoms with Crippen molar-refractivity contribution in [3.63, 3.8) is 0 Å². The van der Waals surface area contributed by atoms with Crippen LogP contribution in [-0.4, -0.2) is 0 Å². The normalized spacial score (nSPS) is 12.6. The predicted molar refractivity (Wildman–Crippen MR) is 98.6 cm³/mol. The monoisotopic (exact) mass is 422 g/mol. The van der Waals surface area contributed by atoms with Gasteiger partial charge in [-0.15, -0.1) is 0 Å². The van der Waals surface area contributed by atoms with Crippen molar-refractivity contribution in [2.24, 2.45) is 0 Å². The molecule has 3 aromatic carbocycles. The van der Waals surface area contributed by atoms with E-state index in [1.807, 2.05) is 18.2 Å². The molecule has 0 aliphatic carbocycles. The summed E-state index contributed by atoms with van der Waals surface area (Å²) in [5.74, 6) is 0. The van der Waals surface area contributed by atoms with Crippen molar-refractivity contribution in [3.05, 3.63) is 80.8 Å². The molecule has 0 fully saturated rings. The molecule has 0 N–H and O–H groups in total. The second-order valence-corrected chi connectivity index (χ2v) is 7.25. The summed E-state index contributed by atoms with van der Waals surface area (Å²) in [6, 6.07) is 18.7. The molecule has 0 nitrogen and oxygen atoms in total. The Hall–Kier alpha value is -0.830. The van der Waals surface area contributed by atoms with Gasteiger partial charge in [0.2, 0.25) is 0 Å². The molecule has 1 atom stereocenters. The van der Waals surface area contributed by atoms with Gasteiger partial charge in [0.15, 0.2) is 0 Å². The maximum absolute atomic E-state index is 6.16. The Kier molecular flexibility index (Phi) is 4.39. The highest BCUT2D eigenvalue weighted by atomic mass is 79.9. The molecule has 0 aliphatic rings. The molecule has 3 aromatic rings. The molecule has 0 saturated heterocycles. The lowest BCUT2D eigenvalue weighted by Crippen LogP contribution is -1.98. The lowest BCUT2D eigenvalue weighted by molar-refractivity contribution is 1.15. The third kappa shape index (κ3) is 2.90. The zero-order valence-electron chi connectivity index (χ0n) is 11.4. The number of benzene rings is 3. The van der Waals surface area contributed by atoms with E-state index in [-0.39, 0.29) is 4.83 Å². The minimum absolute atomic E-state index is 0.0941. The molecular formula is C18H13Br2Cl. The third-order valence-corrected chi connectivity index (χ3v) is 5.58. The molecule has 0 heterocycles. The first kappa shape index (κ1) is 15.1. The number of rotatable bonds is 2. The van der Waals surface area contributed by atoms with E-state index in [1.165, 1.54) is 21.9 Å². The minimum atomic E-state index is 0.0941. The maximum Gasteiger partial charge on any atom is 0.0664 e. The number of aryl methyl sites for hydroxylation is 1. The number of hydrogen-bond donors (Lipinski definition) is 0. The number of alkyl halides is 1. The summed E-state index contributed by atoms with van der Waals surface area (Å²) < 4.78 is 1.06. The van der Waals surface area contributed by atoms with E-state index in [1.54, 1.807) is 0 Å². The summed E-state index contributed by atoms with van der Waals surface area (Å²) >= 11 is 13.7. The topological polar surface area (TPSA) is 0 Å². The summed E-state index contributed by atoms with van der Waals surface area (Å²) in [6.45, 7) is 2.15. The van der Waals surface area contributed by atoms with Crippen LogP contribution in [0.1, 0.15) is 21.5 Å². The fourth-order valence-corrected chi connectivity index (χ4v) is 4.56. The minimum Gasteiger partial charge on any atom is -0.0843 e. The molecule has 0 spiro atoms. The average Bonchev–Trinajstić information content (AvgIpc) is 2.49. The molecule has 0 radical (unpaired) electrons. The van der Waals surface area contributed by atoms with Crippen molar-refractivity contribution in [1.29, 1.82) is 0 Å². The fraction of sp³-hybridized carbons (Fsp3) is 0.111. The van der Waals surface area contributed by atoms with Crippen LogP contribution in [-0.2, 0) is 0 Å². The third-order valence-electron chi connectivity index (χ3n) is 3.67. The largest absolute Gasteiger partial charge is 0.0843 e. The maximum atomic E-state index is 6.16. The van der Waals surface area contributed by atoms with Gasteiger partial charge in [-0.3, -0.25) is 0 Å². The molecule has 0 bridgehead atoms. The number of hydrogen-bond acceptors (Lipinski definition) is 0. The van der Waals surface area contributed by atoms with Gasteiger partial charge >= 0.3 is 0 Å². The second-order valence-electron chi connectivity index (χ2n) is 5.05. The summed E-state index contributed by atoms with van der Waals surface area (Å²) in [6.07, 6.45) is 0. The van der Waals surface area contributed by atoms with E-state index in [9.17, 15) is 0 Å². The zero-order chi connectivity index (χ0) is 15.0. The van der Waals surface area contributed by atoms with Crippen molar-refractivity contribution in [2.45, 2.75) is 11.8 Å². The highest BCUT2D eigenvalue weighted by molar-refractivity contribution is 9.11. The van der Waals surface area contributed by atoms with Gasteiger partial charge in [-0.25, -0.2) is 0 Å². The van der Waals surface area contributed by atoms with Crippen molar-refractivity contribution < 1.29 is 0 Å². The van der Waals surface area contributed by atoms with Crippen molar-refractivity contribution >= 4 is 54.2 Å².